The van der Waals surface area contributed by atoms with Crippen molar-refractivity contribution in [2.45, 2.75) is 31.0 Å². The van der Waals surface area contributed by atoms with Gasteiger partial charge in [-0.2, -0.15) is 0 Å². The topological polar surface area (TPSA) is 47.4 Å². The highest BCUT2D eigenvalue weighted by molar-refractivity contribution is 7.98. The first kappa shape index (κ1) is 19.6. The summed E-state index contributed by atoms with van der Waals surface area (Å²) in [5, 5.41) is 0.896. The Morgan fingerprint density at radius 3 is 2.66 bits per heavy atom. The smallest absolute Gasteiger partial charge is 0.258 e. The van der Waals surface area contributed by atoms with Crippen molar-refractivity contribution in [2.24, 2.45) is 5.92 Å². The van der Waals surface area contributed by atoms with E-state index in [-0.39, 0.29) is 11.9 Å². The Balaban J connectivity index is 1.69. The zero-order valence-electron chi connectivity index (χ0n) is 16.9. The van der Waals surface area contributed by atoms with E-state index >= 15 is 0 Å². The molecule has 0 saturated heterocycles. The Kier molecular flexibility index (Phi) is 5.62. The van der Waals surface area contributed by atoms with Gasteiger partial charge in [-0.15, -0.1) is 0 Å². The summed E-state index contributed by atoms with van der Waals surface area (Å²) in [5.41, 5.74) is 2.51. The maximum absolute atomic E-state index is 13.6. The Labute approximate surface area is 175 Å². The Hall–Kier alpha value is -2.73. The van der Waals surface area contributed by atoms with Crippen LogP contribution < -0.4 is 9.64 Å². The zero-order valence-corrected chi connectivity index (χ0v) is 17.7. The van der Waals surface area contributed by atoms with Gasteiger partial charge in [-0.3, -0.25) is 9.36 Å². The molecule has 3 aromatic rings. The number of nitrogens with zero attached hydrogens (tertiary/aromatic N) is 3. The van der Waals surface area contributed by atoms with E-state index in [1.165, 1.54) is 12.8 Å². The third-order valence-corrected chi connectivity index (χ3v) is 6.11. The lowest BCUT2D eigenvalue weighted by Crippen LogP contribution is -2.40. The van der Waals surface area contributed by atoms with Gasteiger partial charge < -0.3 is 9.64 Å². The van der Waals surface area contributed by atoms with Gasteiger partial charge in [0.15, 0.2) is 5.16 Å². The molecule has 2 aromatic carbocycles. The molecule has 6 heteroatoms. The maximum atomic E-state index is 13.6. The van der Waals surface area contributed by atoms with Crippen molar-refractivity contribution < 1.29 is 9.53 Å². The summed E-state index contributed by atoms with van der Waals surface area (Å²) >= 11 is 1.58. The predicted octanol–water partition coefficient (Wildman–Crippen LogP) is 5.05. The highest BCUT2D eigenvalue weighted by atomic mass is 32.2. The van der Waals surface area contributed by atoms with E-state index in [1.54, 1.807) is 25.1 Å². The molecule has 0 N–H and O–H groups in total. The molecule has 4 rings (SSSR count). The minimum Gasteiger partial charge on any atom is -0.497 e. The molecule has 150 valence electrons. The monoisotopic (exact) mass is 407 g/mol. The van der Waals surface area contributed by atoms with E-state index in [9.17, 15) is 4.79 Å². The largest absolute Gasteiger partial charge is 0.497 e. The molecule has 1 aliphatic carbocycles. The van der Waals surface area contributed by atoms with Crippen LogP contribution in [0.4, 0.5) is 5.69 Å². The highest BCUT2D eigenvalue weighted by Crippen LogP contribution is 2.38. The molecule has 1 atom stereocenters. The molecular formula is C23H25N3O2S. The van der Waals surface area contributed by atoms with E-state index < -0.39 is 0 Å². The number of carbonyl (C=O) groups is 1. The zero-order chi connectivity index (χ0) is 20.4. The number of rotatable bonds is 7. The van der Waals surface area contributed by atoms with Crippen LogP contribution in [0.1, 0.15) is 30.1 Å². The first-order valence-corrected chi connectivity index (χ1v) is 11.0. The second kappa shape index (κ2) is 8.33. The molecule has 1 heterocycles. The van der Waals surface area contributed by atoms with Crippen LogP contribution in [-0.4, -0.2) is 34.9 Å². The molecule has 0 bridgehead atoms. The van der Waals surface area contributed by atoms with Gasteiger partial charge in [0.2, 0.25) is 0 Å². The number of methoxy groups -OCH3 is 1. The van der Waals surface area contributed by atoms with Crippen LogP contribution in [-0.2, 0) is 0 Å². The van der Waals surface area contributed by atoms with Crippen molar-refractivity contribution in [3.8, 4) is 11.4 Å². The normalized spacial score (nSPS) is 14.4. The maximum Gasteiger partial charge on any atom is 0.258 e. The number of imidazole rings is 1. The molecule has 0 aliphatic heterocycles. The van der Waals surface area contributed by atoms with E-state index in [0.29, 0.717) is 11.5 Å². The number of thioether (sulfide) groups is 1. The number of benzene rings is 2. The number of aromatic nitrogens is 2. The third-order valence-electron chi connectivity index (χ3n) is 5.44. The highest BCUT2D eigenvalue weighted by Gasteiger charge is 2.35. The van der Waals surface area contributed by atoms with Crippen LogP contribution in [0.3, 0.4) is 0 Å². The SMILES string of the molecule is COc1ccc(N(C(=O)c2cccc(-n3ccnc3SC)c2)C(C)C2CC2)cc1. The third kappa shape index (κ3) is 4.03. The van der Waals surface area contributed by atoms with Gasteiger partial charge in [-0.05, 0) is 74.4 Å². The van der Waals surface area contributed by atoms with Crippen molar-refractivity contribution in [3.63, 3.8) is 0 Å². The molecule has 1 unspecified atom stereocenters. The lowest BCUT2D eigenvalue weighted by atomic mass is 10.1. The van der Waals surface area contributed by atoms with Crippen LogP contribution in [0.15, 0.2) is 66.1 Å². The molecule has 1 fully saturated rings. The molecule has 1 aliphatic rings. The number of hydrogen-bond acceptors (Lipinski definition) is 4. The Bertz CT molecular complexity index is 995. The van der Waals surface area contributed by atoms with Gasteiger partial charge in [-0.1, -0.05) is 17.8 Å². The molecule has 0 spiro atoms. The fraction of sp³-hybridized carbons (Fsp3) is 0.304. The molecular weight excluding hydrogens is 382 g/mol. The summed E-state index contributed by atoms with van der Waals surface area (Å²) in [6, 6.07) is 15.6. The second-order valence-corrected chi connectivity index (χ2v) is 8.06. The fourth-order valence-corrected chi connectivity index (χ4v) is 4.16. The van der Waals surface area contributed by atoms with E-state index in [2.05, 4.69) is 11.9 Å². The quantitative estimate of drug-likeness (QED) is 0.514. The van der Waals surface area contributed by atoms with Crippen LogP contribution in [0, 0.1) is 5.92 Å². The number of amides is 1. The van der Waals surface area contributed by atoms with Gasteiger partial charge in [0.1, 0.15) is 5.75 Å². The first-order chi connectivity index (χ1) is 14.1. The van der Waals surface area contributed by atoms with Crippen molar-refractivity contribution in [3.05, 3.63) is 66.5 Å². The van der Waals surface area contributed by atoms with Gasteiger partial charge in [0.05, 0.1) is 7.11 Å². The van der Waals surface area contributed by atoms with Crippen LogP contribution >= 0.6 is 11.8 Å². The van der Waals surface area contributed by atoms with Crippen molar-refractivity contribution in [1.29, 1.82) is 0 Å². The molecule has 0 radical (unpaired) electrons. The summed E-state index contributed by atoms with van der Waals surface area (Å²) in [7, 11) is 1.65. The van der Waals surface area contributed by atoms with Gasteiger partial charge in [-0.25, -0.2) is 4.98 Å². The standard InChI is InChI=1S/C23H25N3O2S/c1-16(17-7-8-17)26(19-9-11-21(28-2)12-10-19)22(27)18-5-4-6-20(15-18)25-14-13-24-23(25)29-3/h4-6,9-17H,7-8H2,1-3H3. The van der Waals surface area contributed by atoms with E-state index in [1.807, 2.05) is 70.5 Å². The van der Waals surface area contributed by atoms with Crippen molar-refractivity contribution >= 4 is 23.4 Å². The van der Waals surface area contributed by atoms with Crippen molar-refractivity contribution in [2.75, 3.05) is 18.3 Å². The number of carbonyl (C=O) groups excluding carboxylic acids is 1. The average Bonchev–Trinajstić information content (AvgIpc) is 3.51. The van der Waals surface area contributed by atoms with Crippen LogP contribution in [0.5, 0.6) is 5.75 Å². The summed E-state index contributed by atoms with van der Waals surface area (Å²) in [4.78, 5) is 19.9. The lowest BCUT2D eigenvalue weighted by molar-refractivity contribution is 0.0975. The summed E-state index contributed by atoms with van der Waals surface area (Å²) < 4.78 is 7.28. The van der Waals surface area contributed by atoms with E-state index in [4.69, 9.17) is 4.74 Å². The summed E-state index contributed by atoms with van der Waals surface area (Å²) in [5.74, 6) is 1.36. The molecule has 1 aromatic heterocycles. The van der Waals surface area contributed by atoms with Gasteiger partial charge in [0.25, 0.3) is 5.91 Å². The summed E-state index contributed by atoms with van der Waals surface area (Å²) in [6.07, 6.45) is 8.04. The Morgan fingerprint density at radius 1 is 1.24 bits per heavy atom. The van der Waals surface area contributed by atoms with Gasteiger partial charge in [0, 0.05) is 35.4 Å². The molecule has 1 saturated carbocycles. The fourth-order valence-electron chi connectivity index (χ4n) is 3.63. The average molecular weight is 408 g/mol. The number of anilines is 1. The second-order valence-electron chi connectivity index (χ2n) is 7.29. The summed E-state index contributed by atoms with van der Waals surface area (Å²) in [6.45, 7) is 2.14. The number of hydrogen-bond donors (Lipinski definition) is 0. The van der Waals surface area contributed by atoms with Crippen LogP contribution in [0.2, 0.25) is 0 Å². The molecule has 1 amide bonds. The Morgan fingerprint density at radius 2 is 2.00 bits per heavy atom. The van der Waals surface area contributed by atoms with Crippen LogP contribution in [0.25, 0.3) is 5.69 Å². The molecule has 29 heavy (non-hydrogen) atoms. The minimum atomic E-state index is 0.0160. The van der Waals surface area contributed by atoms with Crippen molar-refractivity contribution in [1.82, 2.24) is 9.55 Å². The minimum absolute atomic E-state index is 0.0160. The van der Waals surface area contributed by atoms with Gasteiger partial charge >= 0.3 is 0 Å². The predicted molar refractivity (Wildman–Crippen MR) is 117 cm³/mol. The molecule has 5 nitrogen and oxygen atoms in total. The number of ether oxygens (including phenoxy) is 1. The lowest BCUT2D eigenvalue weighted by Gasteiger charge is -2.30. The van der Waals surface area contributed by atoms with E-state index in [0.717, 1.165) is 22.3 Å². The first-order valence-electron chi connectivity index (χ1n) is 9.77.